The van der Waals surface area contributed by atoms with Gasteiger partial charge >= 0.3 is 0 Å². The third-order valence-corrected chi connectivity index (χ3v) is 5.73. The number of hydrogen-bond donors (Lipinski definition) is 4. The molecule has 178 valence electrons. The summed E-state index contributed by atoms with van der Waals surface area (Å²) >= 11 is 0. The predicted molar refractivity (Wildman–Crippen MR) is 130 cm³/mol. The number of anilines is 4. The molecule has 9 heteroatoms. The first-order valence-corrected chi connectivity index (χ1v) is 11.1. The van der Waals surface area contributed by atoms with Gasteiger partial charge < -0.3 is 26.6 Å². The number of halogens is 2. The van der Waals surface area contributed by atoms with Crippen LogP contribution in [-0.2, 0) is 6.54 Å². The molecular weight excluding hydrogens is 438 g/mol. The first-order chi connectivity index (χ1) is 16.3. The van der Waals surface area contributed by atoms with Crippen LogP contribution in [0.5, 0.6) is 0 Å². The summed E-state index contributed by atoms with van der Waals surface area (Å²) in [5.74, 6) is -2.06. The van der Waals surface area contributed by atoms with Gasteiger partial charge in [-0.05, 0) is 44.2 Å². The number of benzene rings is 2. The first kappa shape index (κ1) is 23.4. The van der Waals surface area contributed by atoms with Gasteiger partial charge in [-0.15, -0.1) is 0 Å². The minimum Gasteiger partial charge on any atom is -0.380 e. The molecule has 2 heterocycles. The lowest BCUT2D eigenvalue weighted by atomic mass is 10.1. The molecule has 2 atom stereocenters. The molecule has 0 spiro atoms. The lowest BCUT2D eigenvalue weighted by Gasteiger charge is -2.37. The predicted octanol–water partition coefficient (Wildman–Crippen LogP) is 4.00. The smallest absolute Gasteiger partial charge is 0.252 e. The van der Waals surface area contributed by atoms with Crippen molar-refractivity contribution >= 4 is 28.8 Å². The van der Waals surface area contributed by atoms with Crippen LogP contribution in [0.3, 0.4) is 0 Å². The van der Waals surface area contributed by atoms with Crippen molar-refractivity contribution in [3.8, 4) is 0 Å². The molecule has 2 unspecified atom stereocenters. The Bertz CT molecular complexity index is 1160. The molecule has 1 saturated heterocycles. The lowest BCUT2D eigenvalue weighted by molar-refractivity contribution is 0.100. The van der Waals surface area contributed by atoms with Crippen molar-refractivity contribution in [2.75, 3.05) is 28.6 Å². The fraction of sp³-hybridized carbons (Fsp3) is 0.280. The van der Waals surface area contributed by atoms with Gasteiger partial charge in [-0.2, -0.15) is 0 Å². The van der Waals surface area contributed by atoms with E-state index in [0.29, 0.717) is 23.6 Å². The summed E-state index contributed by atoms with van der Waals surface area (Å²) in [4.78, 5) is 18.5. The van der Waals surface area contributed by atoms with E-state index >= 15 is 0 Å². The fourth-order valence-electron chi connectivity index (χ4n) is 4.18. The van der Waals surface area contributed by atoms with Crippen LogP contribution in [0.15, 0.2) is 54.7 Å². The summed E-state index contributed by atoms with van der Waals surface area (Å²) in [5.41, 5.74) is 8.08. The summed E-state index contributed by atoms with van der Waals surface area (Å²) in [6, 6.07) is 14.4. The minimum absolute atomic E-state index is 0.0242. The summed E-state index contributed by atoms with van der Waals surface area (Å²) in [6.45, 7) is 6.20. The third-order valence-electron chi connectivity index (χ3n) is 5.73. The van der Waals surface area contributed by atoms with Crippen LogP contribution < -0.4 is 26.6 Å². The first-order valence-electron chi connectivity index (χ1n) is 11.1. The third kappa shape index (κ3) is 5.43. The van der Waals surface area contributed by atoms with Crippen molar-refractivity contribution in [3.63, 3.8) is 0 Å². The molecule has 0 radical (unpaired) electrons. The van der Waals surface area contributed by atoms with E-state index in [0.717, 1.165) is 30.5 Å². The van der Waals surface area contributed by atoms with Crippen LogP contribution >= 0.6 is 0 Å². The molecule has 7 nitrogen and oxygen atoms in total. The molecule has 1 aromatic heterocycles. The molecule has 0 saturated carbocycles. The van der Waals surface area contributed by atoms with Crippen molar-refractivity contribution in [1.82, 2.24) is 10.3 Å². The second-order valence-corrected chi connectivity index (χ2v) is 8.59. The number of nitrogens with zero attached hydrogens (tertiary/aromatic N) is 2. The van der Waals surface area contributed by atoms with Crippen molar-refractivity contribution in [2.45, 2.75) is 32.5 Å². The Balaban J connectivity index is 1.49. The van der Waals surface area contributed by atoms with Crippen LogP contribution in [0.1, 0.15) is 29.8 Å². The highest BCUT2D eigenvalue weighted by Crippen LogP contribution is 2.25. The number of nitrogens with one attached hydrogen (secondary N) is 3. The summed E-state index contributed by atoms with van der Waals surface area (Å²) in [7, 11) is 0. The number of piperazine rings is 1. The highest BCUT2D eigenvalue weighted by atomic mass is 19.2. The van der Waals surface area contributed by atoms with Crippen molar-refractivity contribution in [2.24, 2.45) is 5.73 Å². The van der Waals surface area contributed by atoms with Gasteiger partial charge in [-0.1, -0.05) is 12.1 Å². The molecule has 3 aromatic rings. The van der Waals surface area contributed by atoms with E-state index in [2.05, 4.69) is 51.8 Å². The topological polar surface area (TPSA) is 95.3 Å². The van der Waals surface area contributed by atoms with E-state index in [4.69, 9.17) is 5.73 Å². The number of hydrogen-bond acceptors (Lipinski definition) is 6. The average molecular weight is 467 g/mol. The number of carbonyl (C=O) groups excluding carboxylic acids is 1. The molecule has 1 fully saturated rings. The Morgan fingerprint density at radius 1 is 1.15 bits per heavy atom. The zero-order valence-corrected chi connectivity index (χ0v) is 19.1. The van der Waals surface area contributed by atoms with Gasteiger partial charge in [-0.25, -0.2) is 13.8 Å². The zero-order valence-electron chi connectivity index (χ0n) is 19.1. The number of rotatable bonds is 7. The Hall–Kier alpha value is -3.72. The number of carbonyl (C=O) groups is 1. The van der Waals surface area contributed by atoms with E-state index in [9.17, 15) is 13.6 Å². The molecule has 1 aliphatic heterocycles. The zero-order chi connectivity index (χ0) is 24.2. The molecule has 5 N–H and O–H groups in total. The number of amides is 1. The quantitative estimate of drug-likeness (QED) is 0.421. The fourth-order valence-corrected chi connectivity index (χ4v) is 4.18. The maximum Gasteiger partial charge on any atom is 0.252 e. The summed E-state index contributed by atoms with van der Waals surface area (Å²) in [5, 5.41) is 9.70. The van der Waals surface area contributed by atoms with E-state index in [-0.39, 0.29) is 17.7 Å². The maximum absolute atomic E-state index is 14.0. The lowest BCUT2D eigenvalue weighted by Crippen LogP contribution is -2.54. The van der Waals surface area contributed by atoms with Gasteiger partial charge in [0.1, 0.15) is 5.82 Å². The van der Waals surface area contributed by atoms with E-state index in [1.54, 1.807) is 6.07 Å². The molecule has 0 bridgehead atoms. The van der Waals surface area contributed by atoms with Gasteiger partial charge in [0.05, 0.1) is 11.3 Å². The number of nitrogens with two attached hydrogens (primary N) is 1. The summed E-state index contributed by atoms with van der Waals surface area (Å²) in [6.07, 6.45) is 1.35. The van der Waals surface area contributed by atoms with Gasteiger partial charge in [0.2, 0.25) is 0 Å². The molecule has 1 aliphatic rings. The second-order valence-electron chi connectivity index (χ2n) is 8.59. The van der Waals surface area contributed by atoms with Crippen LogP contribution in [0, 0.1) is 11.6 Å². The van der Waals surface area contributed by atoms with Gasteiger partial charge in [-0.3, -0.25) is 4.79 Å². The van der Waals surface area contributed by atoms with E-state index < -0.39 is 17.5 Å². The maximum atomic E-state index is 14.0. The Kier molecular flexibility index (Phi) is 6.93. The van der Waals surface area contributed by atoms with Crippen LogP contribution in [0.2, 0.25) is 0 Å². The van der Waals surface area contributed by atoms with Crippen molar-refractivity contribution < 1.29 is 13.6 Å². The number of pyridine rings is 1. The van der Waals surface area contributed by atoms with Gasteiger partial charge in [0.15, 0.2) is 11.6 Å². The van der Waals surface area contributed by atoms with Gasteiger partial charge in [0, 0.05) is 60.9 Å². The number of aromatic nitrogens is 1. The summed E-state index contributed by atoms with van der Waals surface area (Å²) < 4.78 is 27.5. The molecule has 4 rings (SSSR count). The molecular formula is C25H28F2N6O. The highest BCUT2D eigenvalue weighted by Gasteiger charge is 2.21. The Morgan fingerprint density at radius 3 is 2.53 bits per heavy atom. The largest absolute Gasteiger partial charge is 0.380 e. The second kappa shape index (κ2) is 10.0. The monoisotopic (exact) mass is 466 g/mol. The number of primary amides is 1. The molecule has 34 heavy (non-hydrogen) atoms. The van der Waals surface area contributed by atoms with Crippen LogP contribution in [-0.4, -0.2) is 36.1 Å². The molecule has 1 amide bonds. The highest BCUT2D eigenvalue weighted by molar-refractivity contribution is 5.98. The standard InChI is InChI=1S/C25H28F2N6O/c1-15-13-33(14-16(2)31-15)19-8-6-18(7-9-19)32-23-10-22(20(12-30-23)25(28)34)29-11-17-4-3-5-21(26)24(17)27/h3-10,12,15-16,31H,11,13-14H2,1-2H3,(H2,28,34)(H2,29,30,32). The van der Waals surface area contributed by atoms with Crippen molar-refractivity contribution in [1.29, 1.82) is 0 Å². The molecule has 2 aromatic carbocycles. The minimum atomic E-state index is -0.934. The molecule has 0 aliphatic carbocycles. The van der Waals surface area contributed by atoms with E-state index in [1.165, 1.54) is 18.3 Å². The van der Waals surface area contributed by atoms with E-state index in [1.807, 2.05) is 12.1 Å². The van der Waals surface area contributed by atoms with Crippen molar-refractivity contribution in [3.05, 3.63) is 77.5 Å². The van der Waals surface area contributed by atoms with Crippen LogP contribution in [0.4, 0.5) is 31.7 Å². The Labute approximate surface area is 197 Å². The van der Waals surface area contributed by atoms with Crippen LogP contribution in [0.25, 0.3) is 0 Å². The normalized spacial score (nSPS) is 17.9. The van der Waals surface area contributed by atoms with Gasteiger partial charge in [0.25, 0.3) is 5.91 Å². The SMILES string of the molecule is CC1CN(c2ccc(Nc3cc(NCc4cccc(F)c4F)c(C(N)=O)cn3)cc2)CC(C)N1. The Morgan fingerprint density at radius 2 is 1.85 bits per heavy atom. The average Bonchev–Trinajstić information content (AvgIpc) is 2.80.